The molecule has 0 saturated heterocycles. The Balaban J connectivity index is 1.73. The maximum atomic E-state index is 13.3. The second kappa shape index (κ2) is 9.77. The molecule has 1 N–H and O–H groups in total. The minimum atomic E-state index is -0.490. The van der Waals surface area contributed by atoms with Crippen LogP contribution in [0.4, 0.5) is 5.69 Å². The number of nitrogens with zero attached hydrogens (tertiary/aromatic N) is 2. The lowest BCUT2D eigenvalue weighted by molar-refractivity contribution is -0.115. The van der Waals surface area contributed by atoms with E-state index in [1.807, 2.05) is 49.4 Å². The summed E-state index contributed by atoms with van der Waals surface area (Å²) in [5, 5.41) is 4.21. The van der Waals surface area contributed by atoms with Gasteiger partial charge in [-0.1, -0.05) is 72.2 Å². The zero-order valence-electron chi connectivity index (χ0n) is 17.1. The van der Waals surface area contributed by atoms with Crippen molar-refractivity contribution in [1.82, 2.24) is 9.55 Å². The van der Waals surface area contributed by atoms with Crippen molar-refractivity contribution in [2.24, 2.45) is 0 Å². The summed E-state index contributed by atoms with van der Waals surface area (Å²) in [5.41, 5.74) is 1.61. The van der Waals surface area contributed by atoms with Crippen molar-refractivity contribution in [2.75, 3.05) is 5.32 Å². The van der Waals surface area contributed by atoms with Crippen LogP contribution in [-0.2, 0) is 4.79 Å². The van der Waals surface area contributed by atoms with Crippen LogP contribution in [0.1, 0.15) is 13.3 Å². The first-order valence-electron chi connectivity index (χ1n) is 9.97. The van der Waals surface area contributed by atoms with Gasteiger partial charge in [-0.15, -0.1) is 0 Å². The molecule has 32 heavy (non-hydrogen) atoms. The number of para-hydroxylation sites is 2. The Morgan fingerprint density at radius 3 is 2.38 bits per heavy atom. The van der Waals surface area contributed by atoms with Gasteiger partial charge in [-0.25, -0.2) is 4.98 Å². The van der Waals surface area contributed by atoms with Crippen molar-refractivity contribution in [1.29, 1.82) is 0 Å². The van der Waals surface area contributed by atoms with Crippen LogP contribution in [0, 0.1) is 0 Å². The van der Waals surface area contributed by atoms with Gasteiger partial charge in [0.1, 0.15) is 0 Å². The number of carbonyl (C=O) groups is 1. The second-order valence-electron chi connectivity index (χ2n) is 7.05. The van der Waals surface area contributed by atoms with Gasteiger partial charge in [0.05, 0.1) is 21.8 Å². The van der Waals surface area contributed by atoms with Gasteiger partial charge in [-0.2, -0.15) is 0 Å². The Morgan fingerprint density at radius 2 is 1.69 bits per heavy atom. The van der Waals surface area contributed by atoms with Crippen LogP contribution in [0.25, 0.3) is 16.6 Å². The lowest BCUT2D eigenvalue weighted by Crippen LogP contribution is -2.27. The van der Waals surface area contributed by atoms with Gasteiger partial charge in [0, 0.05) is 15.7 Å². The van der Waals surface area contributed by atoms with E-state index >= 15 is 0 Å². The molecular formula is C24H19Cl2N3O2S. The zero-order chi connectivity index (χ0) is 22.7. The summed E-state index contributed by atoms with van der Waals surface area (Å²) in [7, 11) is 0. The lowest BCUT2D eigenvalue weighted by atomic mass is 10.2. The van der Waals surface area contributed by atoms with Gasteiger partial charge in [0.2, 0.25) is 5.91 Å². The fourth-order valence-corrected chi connectivity index (χ4v) is 4.85. The van der Waals surface area contributed by atoms with E-state index in [9.17, 15) is 9.59 Å². The number of carbonyl (C=O) groups excluding carboxylic acids is 1. The summed E-state index contributed by atoms with van der Waals surface area (Å²) < 4.78 is 1.55. The lowest BCUT2D eigenvalue weighted by Gasteiger charge is -2.18. The molecule has 0 fully saturated rings. The first kappa shape index (κ1) is 22.4. The zero-order valence-corrected chi connectivity index (χ0v) is 19.4. The van der Waals surface area contributed by atoms with Crippen LogP contribution < -0.4 is 10.9 Å². The molecular weight excluding hydrogens is 465 g/mol. The van der Waals surface area contributed by atoms with Gasteiger partial charge in [0.15, 0.2) is 5.16 Å². The van der Waals surface area contributed by atoms with Crippen molar-refractivity contribution in [2.45, 2.75) is 23.8 Å². The summed E-state index contributed by atoms with van der Waals surface area (Å²) in [4.78, 5) is 31.1. The van der Waals surface area contributed by atoms with E-state index in [1.54, 1.807) is 34.9 Å². The SMILES string of the molecule is CCC(Sc1nc2ccccc2c(=O)n1-c1ccccc1)C(=O)Nc1cc(Cl)cc(Cl)c1. The Kier molecular flexibility index (Phi) is 6.84. The number of aromatic nitrogens is 2. The number of anilines is 1. The van der Waals surface area contributed by atoms with Gasteiger partial charge in [-0.3, -0.25) is 14.2 Å². The minimum Gasteiger partial charge on any atom is -0.325 e. The van der Waals surface area contributed by atoms with E-state index in [4.69, 9.17) is 28.2 Å². The van der Waals surface area contributed by atoms with Crippen LogP contribution >= 0.6 is 35.0 Å². The van der Waals surface area contributed by atoms with E-state index in [-0.39, 0.29) is 11.5 Å². The summed E-state index contributed by atoms with van der Waals surface area (Å²) in [6, 6.07) is 21.4. The smallest absolute Gasteiger partial charge is 0.266 e. The Morgan fingerprint density at radius 1 is 1.03 bits per heavy atom. The van der Waals surface area contributed by atoms with Crippen molar-refractivity contribution in [3.63, 3.8) is 0 Å². The molecule has 0 aliphatic heterocycles. The van der Waals surface area contributed by atoms with Gasteiger partial charge in [-0.05, 0) is 48.9 Å². The molecule has 0 aliphatic carbocycles. The van der Waals surface area contributed by atoms with Crippen LogP contribution in [0.2, 0.25) is 10.0 Å². The average Bonchev–Trinajstić information content (AvgIpc) is 2.77. The number of rotatable bonds is 6. The van der Waals surface area contributed by atoms with Crippen LogP contribution in [0.3, 0.4) is 0 Å². The Bertz CT molecular complexity index is 1320. The monoisotopic (exact) mass is 483 g/mol. The van der Waals surface area contributed by atoms with Crippen LogP contribution in [-0.4, -0.2) is 20.7 Å². The first-order chi connectivity index (χ1) is 15.5. The number of halogens is 2. The number of benzene rings is 3. The van der Waals surface area contributed by atoms with Crippen molar-refractivity contribution in [3.8, 4) is 5.69 Å². The summed E-state index contributed by atoms with van der Waals surface area (Å²) >= 11 is 13.3. The van der Waals surface area contributed by atoms with Gasteiger partial charge < -0.3 is 5.32 Å². The fraction of sp³-hybridized carbons (Fsp3) is 0.125. The summed E-state index contributed by atoms with van der Waals surface area (Å²) in [6.45, 7) is 1.91. The molecule has 1 unspecified atom stereocenters. The summed E-state index contributed by atoms with van der Waals surface area (Å²) in [6.07, 6.45) is 0.530. The molecule has 0 aliphatic rings. The van der Waals surface area contributed by atoms with E-state index in [0.29, 0.717) is 43.9 Å². The quantitative estimate of drug-likeness (QED) is 0.261. The van der Waals surface area contributed by atoms with E-state index < -0.39 is 5.25 Å². The molecule has 0 spiro atoms. The average molecular weight is 484 g/mol. The standard InChI is InChI=1S/C24H19Cl2N3O2S/c1-2-21(22(30)27-17-13-15(25)12-16(26)14-17)32-24-28-20-11-7-6-10-19(20)23(31)29(24)18-8-4-3-5-9-18/h3-14,21H,2H2,1H3,(H,27,30). The number of amides is 1. The van der Waals surface area contributed by atoms with Crippen LogP contribution in [0.15, 0.2) is 82.7 Å². The largest absolute Gasteiger partial charge is 0.325 e. The molecule has 4 rings (SSSR count). The summed E-state index contributed by atoms with van der Waals surface area (Å²) in [5.74, 6) is -0.224. The molecule has 1 aromatic heterocycles. The maximum absolute atomic E-state index is 13.3. The molecule has 1 heterocycles. The molecule has 0 saturated carbocycles. The van der Waals surface area contributed by atoms with Crippen molar-refractivity contribution < 1.29 is 4.79 Å². The third-order valence-electron chi connectivity index (χ3n) is 4.80. The second-order valence-corrected chi connectivity index (χ2v) is 9.09. The molecule has 3 aromatic carbocycles. The molecule has 0 radical (unpaired) electrons. The normalized spacial score (nSPS) is 12.0. The Labute approximate surface area is 199 Å². The molecule has 4 aromatic rings. The predicted molar refractivity (Wildman–Crippen MR) is 132 cm³/mol. The molecule has 5 nitrogen and oxygen atoms in total. The number of hydrogen-bond acceptors (Lipinski definition) is 4. The predicted octanol–water partition coefficient (Wildman–Crippen LogP) is 6.20. The fourth-order valence-electron chi connectivity index (χ4n) is 3.29. The molecule has 162 valence electrons. The van der Waals surface area contributed by atoms with Gasteiger partial charge in [0.25, 0.3) is 5.56 Å². The third-order valence-corrected chi connectivity index (χ3v) is 6.55. The number of hydrogen-bond donors (Lipinski definition) is 1. The van der Waals surface area contributed by atoms with E-state index in [1.165, 1.54) is 11.8 Å². The molecule has 8 heteroatoms. The van der Waals surface area contributed by atoms with Crippen molar-refractivity contribution in [3.05, 3.63) is 93.2 Å². The first-order valence-corrected chi connectivity index (χ1v) is 11.6. The topological polar surface area (TPSA) is 64.0 Å². The third kappa shape index (κ3) is 4.83. The minimum absolute atomic E-state index is 0.179. The van der Waals surface area contributed by atoms with Crippen molar-refractivity contribution >= 4 is 57.5 Å². The van der Waals surface area contributed by atoms with E-state index in [0.717, 1.165) is 0 Å². The molecule has 0 bridgehead atoms. The highest BCUT2D eigenvalue weighted by Crippen LogP contribution is 2.29. The van der Waals surface area contributed by atoms with Crippen LogP contribution in [0.5, 0.6) is 0 Å². The molecule has 1 atom stereocenters. The van der Waals surface area contributed by atoms with Gasteiger partial charge >= 0.3 is 0 Å². The maximum Gasteiger partial charge on any atom is 0.266 e. The Hall–Kier alpha value is -2.80. The highest BCUT2D eigenvalue weighted by atomic mass is 35.5. The number of fused-ring (bicyclic) bond motifs is 1. The van der Waals surface area contributed by atoms with E-state index in [2.05, 4.69) is 5.32 Å². The highest BCUT2D eigenvalue weighted by molar-refractivity contribution is 8.00. The number of thioether (sulfide) groups is 1. The highest BCUT2D eigenvalue weighted by Gasteiger charge is 2.23. The molecule has 1 amide bonds. The number of nitrogens with one attached hydrogen (secondary N) is 1.